The van der Waals surface area contributed by atoms with Gasteiger partial charge in [0.25, 0.3) is 5.69 Å². The summed E-state index contributed by atoms with van der Waals surface area (Å²) in [5.74, 6) is 5.26. The van der Waals surface area contributed by atoms with Crippen LogP contribution in [0.5, 0.6) is 0 Å². The number of aromatic nitrogens is 1. The molecular weight excluding hydrogens is 337 g/mol. The summed E-state index contributed by atoms with van der Waals surface area (Å²) in [6.07, 6.45) is -3.97. The Hall–Kier alpha value is -2.68. The van der Waals surface area contributed by atoms with Crippen LogP contribution in [0.25, 0.3) is 0 Å². The Labute approximate surface area is 132 Å². The summed E-state index contributed by atoms with van der Waals surface area (Å²) in [5, 5.41) is 13.8. The summed E-state index contributed by atoms with van der Waals surface area (Å²) in [6, 6.07) is 5.82. The highest BCUT2D eigenvalue weighted by atomic mass is 35.5. The first-order chi connectivity index (χ1) is 10.7. The van der Waals surface area contributed by atoms with Crippen molar-refractivity contribution in [3.8, 4) is 0 Å². The van der Waals surface area contributed by atoms with E-state index in [1.165, 1.54) is 24.3 Å². The summed E-state index contributed by atoms with van der Waals surface area (Å²) in [6.45, 7) is 0. The summed E-state index contributed by atoms with van der Waals surface area (Å²) in [4.78, 5) is 13.7. The van der Waals surface area contributed by atoms with Crippen LogP contribution in [0.1, 0.15) is 16.8 Å². The van der Waals surface area contributed by atoms with Crippen LogP contribution in [-0.2, 0) is 6.18 Å². The fraction of sp³-hybridized carbons (Fsp3) is 0.0769. The number of nitro benzene ring substituents is 1. The molecule has 0 radical (unpaired) electrons. The molecule has 0 saturated heterocycles. The summed E-state index contributed by atoms with van der Waals surface area (Å²) in [7, 11) is 0. The summed E-state index contributed by atoms with van der Waals surface area (Å²) in [5.41, 5.74) is -0.884. The number of nitrogens with two attached hydrogens (primary N) is 1. The molecule has 1 heterocycles. The van der Waals surface area contributed by atoms with E-state index >= 15 is 0 Å². The zero-order valence-corrected chi connectivity index (χ0v) is 12.0. The third kappa shape index (κ3) is 3.57. The van der Waals surface area contributed by atoms with E-state index in [9.17, 15) is 23.3 Å². The maximum absolute atomic E-state index is 12.6. The highest BCUT2D eigenvalue weighted by Gasteiger charge is 2.32. The normalized spacial score (nSPS) is 12.3. The molecule has 0 bridgehead atoms. The number of non-ortho nitro benzene ring substituents is 1. The van der Waals surface area contributed by atoms with Crippen molar-refractivity contribution in [2.75, 3.05) is 0 Å². The van der Waals surface area contributed by atoms with Gasteiger partial charge in [0.1, 0.15) is 11.4 Å². The molecule has 0 spiro atoms. The lowest BCUT2D eigenvalue weighted by Crippen LogP contribution is -2.12. The third-order valence-electron chi connectivity index (χ3n) is 2.87. The highest BCUT2D eigenvalue weighted by Crippen LogP contribution is 2.31. The Kier molecular flexibility index (Phi) is 4.50. The van der Waals surface area contributed by atoms with Crippen LogP contribution < -0.4 is 5.84 Å². The van der Waals surface area contributed by atoms with Gasteiger partial charge in [-0.2, -0.15) is 18.3 Å². The molecule has 0 aliphatic carbocycles. The molecule has 0 aliphatic rings. The van der Waals surface area contributed by atoms with Crippen molar-refractivity contribution in [2.45, 2.75) is 6.18 Å². The van der Waals surface area contributed by atoms with Crippen molar-refractivity contribution in [1.29, 1.82) is 0 Å². The number of alkyl halides is 3. The van der Waals surface area contributed by atoms with Crippen LogP contribution >= 0.6 is 11.6 Å². The standard InChI is InChI=1S/C13H8ClF3N4O2/c14-10-5-8(13(15,16)17)6-19-12(10)11(20-18)7-1-3-9(4-2-7)21(22)23/h1-6H,18H2. The molecule has 2 N–H and O–H groups in total. The van der Waals surface area contributed by atoms with Gasteiger partial charge < -0.3 is 5.84 Å². The third-order valence-corrected chi connectivity index (χ3v) is 3.16. The van der Waals surface area contributed by atoms with Gasteiger partial charge in [-0.3, -0.25) is 15.1 Å². The van der Waals surface area contributed by atoms with Gasteiger partial charge in [-0.15, -0.1) is 0 Å². The predicted molar refractivity (Wildman–Crippen MR) is 77.2 cm³/mol. The van der Waals surface area contributed by atoms with Crippen LogP contribution in [0.2, 0.25) is 5.02 Å². The van der Waals surface area contributed by atoms with E-state index in [4.69, 9.17) is 17.4 Å². The number of rotatable bonds is 3. The molecule has 6 nitrogen and oxygen atoms in total. The molecule has 0 atom stereocenters. The van der Waals surface area contributed by atoms with Crippen molar-refractivity contribution in [2.24, 2.45) is 10.9 Å². The molecule has 0 amide bonds. The second-order valence-corrected chi connectivity index (χ2v) is 4.74. The lowest BCUT2D eigenvalue weighted by atomic mass is 10.1. The fourth-order valence-electron chi connectivity index (χ4n) is 1.78. The second kappa shape index (κ2) is 6.21. The molecule has 1 aromatic heterocycles. The quantitative estimate of drug-likeness (QED) is 0.399. The second-order valence-electron chi connectivity index (χ2n) is 4.33. The summed E-state index contributed by atoms with van der Waals surface area (Å²) >= 11 is 5.83. The minimum atomic E-state index is -4.58. The fourth-order valence-corrected chi connectivity index (χ4v) is 2.04. The maximum atomic E-state index is 12.6. The minimum Gasteiger partial charge on any atom is -0.323 e. The Morgan fingerprint density at radius 3 is 2.35 bits per heavy atom. The number of pyridine rings is 1. The van der Waals surface area contributed by atoms with Gasteiger partial charge in [0.15, 0.2) is 0 Å². The van der Waals surface area contributed by atoms with E-state index in [1.54, 1.807) is 0 Å². The minimum absolute atomic E-state index is 0.0126. The lowest BCUT2D eigenvalue weighted by Gasteiger charge is -2.10. The van der Waals surface area contributed by atoms with Crippen LogP contribution in [0.3, 0.4) is 0 Å². The Morgan fingerprint density at radius 2 is 1.91 bits per heavy atom. The van der Waals surface area contributed by atoms with Crippen LogP contribution in [0, 0.1) is 10.1 Å². The smallest absolute Gasteiger partial charge is 0.323 e. The topological polar surface area (TPSA) is 94.4 Å². The SMILES string of the molecule is NN=C(c1ccc([N+](=O)[O-])cc1)c1ncc(C(F)(F)F)cc1Cl. The van der Waals surface area contributed by atoms with Gasteiger partial charge in [-0.1, -0.05) is 11.6 Å². The molecular formula is C13H8ClF3N4O2. The molecule has 120 valence electrons. The number of hydrazone groups is 1. The number of nitrogens with zero attached hydrogens (tertiary/aromatic N) is 3. The molecule has 2 aromatic rings. The van der Waals surface area contributed by atoms with Gasteiger partial charge in [-0.25, -0.2) is 0 Å². The molecule has 0 saturated carbocycles. The Bertz CT molecular complexity index is 776. The molecule has 1 aromatic carbocycles. The first-order valence-electron chi connectivity index (χ1n) is 6.00. The molecule has 0 fully saturated rings. The molecule has 10 heteroatoms. The van der Waals surface area contributed by atoms with Crippen molar-refractivity contribution in [3.05, 3.63) is 68.5 Å². The van der Waals surface area contributed by atoms with Crippen molar-refractivity contribution in [1.82, 2.24) is 4.98 Å². The molecule has 2 rings (SSSR count). The van der Waals surface area contributed by atoms with Gasteiger partial charge >= 0.3 is 6.18 Å². The van der Waals surface area contributed by atoms with E-state index in [0.717, 1.165) is 0 Å². The van der Waals surface area contributed by atoms with Gasteiger partial charge in [-0.05, 0) is 18.2 Å². The van der Waals surface area contributed by atoms with Gasteiger partial charge in [0.05, 0.1) is 15.5 Å². The van der Waals surface area contributed by atoms with Crippen LogP contribution in [-0.4, -0.2) is 15.6 Å². The number of halogens is 4. The van der Waals surface area contributed by atoms with Crippen LogP contribution in [0.15, 0.2) is 41.6 Å². The van der Waals surface area contributed by atoms with Gasteiger partial charge in [0, 0.05) is 23.9 Å². The van der Waals surface area contributed by atoms with E-state index < -0.39 is 16.7 Å². The average molecular weight is 345 g/mol. The number of benzene rings is 1. The number of nitro groups is 1. The molecule has 0 aliphatic heterocycles. The highest BCUT2D eigenvalue weighted by molar-refractivity contribution is 6.35. The van der Waals surface area contributed by atoms with E-state index in [2.05, 4.69) is 10.1 Å². The van der Waals surface area contributed by atoms with Crippen LogP contribution in [0.4, 0.5) is 18.9 Å². The Balaban J connectivity index is 2.44. The summed E-state index contributed by atoms with van der Waals surface area (Å²) < 4.78 is 37.8. The average Bonchev–Trinajstić information content (AvgIpc) is 2.49. The lowest BCUT2D eigenvalue weighted by molar-refractivity contribution is -0.384. The Morgan fingerprint density at radius 1 is 1.30 bits per heavy atom. The predicted octanol–water partition coefficient (Wildman–Crippen LogP) is 3.37. The number of hydrogen-bond donors (Lipinski definition) is 1. The van der Waals surface area contributed by atoms with Crippen molar-refractivity contribution >= 4 is 23.0 Å². The molecule has 23 heavy (non-hydrogen) atoms. The van der Waals surface area contributed by atoms with Crippen molar-refractivity contribution in [3.63, 3.8) is 0 Å². The first kappa shape index (κ1) is 16.7. The van der Waals surface area contributed by atoms with E-state index in [1.807, 2.05) is 0 Å². The van der Waals surface area contributed by atoms with E-state index in [-0.39, 0.29) is 22.1 Å². The zero-order valence-electron chi connectivity index (χ0n) is 11.2. The van der Waals surface area contributed by atoms with Gasteiger partial charge in [0.2, 0.25) is 0 Å². The van der Waals surface area contributed by atoms with Crippen molar-refractivity contribution < 1.29 is 18.1 Å². The monoisotopic (exact) mass is 344 g/mol. The molecule has 0 unspecified atom stereocenters. The first-order valence-corrected chi connectivity index (χ1v) is 6.37. The largest absolute Gasteiger partial charge is 0.417 e. The maximum Gasteiger partial charge on any atom is 0.417 e. The number of hydrogen-bond acceptors (Lipinski definition) is 5. The van der Waals surface area contributed by atoms with E-state index in [0.29, 0.717) is 17.8 Å². The zero-order chi connectivity index (χ0) is 17.2.